The van der Waals surface area contributed by atoms with Gasteiger partial charge in [-0.3, -0.25) is 4.40 Å². The summed E-state index contributed by atoms with van der Waals surface area (Å²) in [6, 6.07) is 11.0. The molecule has 0 aliphatic heterocycles. The number of alkyl halides is 3. The molecule has 0 unspecified atom stereocenters. The molecule has 0 spiro atoms. The first-order chi connectivity index (χ1) is 14.8. The summed E-state index contributed by atoms with van der Waals surface area (Å²) >= 11 is 0. The van der Waals surface area contributed by atoms with Crippen LogP contribution in [0.2, 0.25) is 0 Å². The van der Waals surface area contributed by atoms with Crippen LogP contribution in [-0.2, 0) is 10.9 Å². The van der Waals surface area contributed by atoms with Crippen LogP contribution < -0.4 is 5.32 Å². The van der Waals surface area contributed by atoms with Gasteiger partial charge in [0.05, 0.1) is 18.4 Å². The van der Waals surface area contributed by atoms with Gasteiger partial charge in [0.1, 0.15) is 11.3 Å². The fourth-order valence-corrected chi connectivity index (χ4v) is 3.08. The van der Waals surface area contributed by atoms with Gasteiger partial charge in [0.25, 0.3) is 0 Å². The van der Waals surface area contributed by atoms with Crippen molar-refractivity contribution < 1.29 is 22.7 Å². The smallest absolute Gasteiger partial charge is 0.435 e. The molecule has 0 fully saturated rings. The Morgan fingerprint density at radius 1 is 1.10 bits per heavy atom. The molecule has 0 radical (unpaired) electrons. The zero-order chi connectivity index (χ0) is 22.2. The molecule has 158 valence electrons. The average Bonchev–Trinajstić information content (AvgIpc) is 3.13. The van der Waals surface area contributed by atoms with Gasteiger partial charge < -0.3 is 10.1 Å². The maximum absolute atomic E-state index is 13.7. The Morgan fingerprint density at radius 3 is 2.52 bits per heavy atom. The van der Waals surface area contributed by atoms with Crippen LogP contribution in [0.1, 0.15) is 21.6 Å². The predicted molar refractivity (Wildman–Crippen MR) is 107 cm³/mol. The largest absolute Gasteiger partial charge is 0.465 e. The number of anilines is 2. The van der Waals surface area contributed by atoms with E-state index in [1.165, 1.54) is 30.0 Å². The second-order valence-electron chi connectivity index (χ2n) is 6.70. The van der Waals surface area contributed by atoms with Crippen LogP contribution in [0.5, 0.6) is 0 Å². The number of hydrogen-bond acceptors (Lipinski definition) is 6. The number of rotatable bonds is 4. The van der Waals surface area contributed by atoms with Gasteiger partial charge in [0.15, 0.2) is 5.69 Å². The summed E-state index contributed by atoms with van der Waals surface area (Å²) in [6.07, 6.45) is -1.76. The standard InChI is InChI=1S/C21H16F3N5O2/c1-12-8-10-29-16(11-12)28-18(21(22,23)24)17(29)15-7-9-25-20(27-15)26-14-5-3-13(4-6-14)19(30)31-2/h3-11H,1-2H3,(H,25,26,27). The number of fused-ring (bicyclic) bond motifs is 1. The molecule has 3 heterocycles. The van der Waals surface area contributed by atoms with Crippen LogP contribution in [-0.4, -0.2) is 32.4 Å². The minimum absolute atomic E-state index is 0.0624. The van der Waals surface area contributed by atoms with E-state index in [-0.39, 0.29) is 23.0 Å². The Labute approximate surface area is 174 Å². The number of hydrogen-bond donors (Lipinski definition) is 1. The van der Waals surface area contributed by atoms with E-state index in [1.807, 2.05) is 0 Å². The van der Waals surface area contributed by atoms with Gasteiger partial charge >= 0.3 is 12.1 Å². The zero-order valence-corrected chi connectivity index (χ0v) is 16.4. The maximum atomic E-state index is 13.7. The average molecular weight is 427 g/mol. The number of aryl methyl sites for hydroxylation is 1. The van der Waals surface area contributed by atoms with E-state index in [2.05, 4.69) is 25.0 Å². The summed E-state index contributed by atoms with van der Waals surface area (Å²) in [5, 5.41) is 2.92. The van der Waals surface area contributed by atoms with Gasteiger partial charge in [-0.2, -0.15) is 13.2 Å². The van der Waals surface area contributed by atoms with Gasteiger partial charge in [-0.05, 0) is 55.0 Å². The van der Waals surface area contributed by atoms with Crippen molar-refractivity contribution in [3.05, 3.63) is 71.7 Å². The van der Waals surface area contributed by atoms with Crippen LogP contribution in [0.15, 0.2) is 54.9 Å². The molecule has 0 aliphatic carbocycles. The van der Waals surface area contributed by atoms with Crippen molar-refractivity contribution >= 4 is 23.3 Å². The SMILES string of the molecule is COC(=O)c1ccc(Nc2nccc(-c3c(C(F)(F)F)nc4cc(C)ccn34)n2)cc1. The number of esters is 1. The highest BCUT2D eigenvalue weighted by atomic mass is 19.4. The molecule has 3 aromatic heterocycles. The molecule has 4 aromatic rings. The van der Waals surface area contributed by atoms with E-state index in [0.717, 1.165) is 5.56 Å². The molecular weight excluding hydrogens is 411 g/mol. The molecule has 1 N–H and O–H groups in total. The van der Waals surface area contributed by atoms with Crippen molar-refractivity contribution in [2.75, 3.05) is 12.4 Å². The molecule has 10 heteroatoms. The number of aromatic nitrogens is 4. The number of pyridine rings is 1. The number of nitrogens with one attached hydrogen (secondary N) is 1. The lowest BCUT2D eigenvalue weighted by molar-refractivity contribution is -0.140. The van der Waals surface area contributed by atoms with Crippen molar-refractivity contribution in [3.63, 3.8) is 0 Å². The summed E-state index contributed by atoms with van der Waals surface area (Å²) in [7, 11) is 1.28. The van der Waals surface area contributed by atoms with Crippen LogP contribution in [0.4, 0.5) is 24.8 Å². The highest BCUT2D eigenvalue weighted by Crippen LogP contribution is 2.37. The van der Waals surface area contributed by atoms with Crippen LogP contribution >= 0.6 is 0 Å². The topological polar surface area (TPSA) is 81.4 Å². The quantitative estimate of drug-likeness (QED) is 0.478. The minimum Gasteiger partial charge on any atom is -0.465 e. The van der Waals surface area contributed by atoms with Gasteiger partial charge in [-0.25, -0.2) is 19.7 Å². The number of carbonyl (C=O) groups is 1. The minimum atomic E-state index is -4.66. The molecule has 0 atom stereocenters. The lowest BCUT2D eigenvalue weighted by Crippen LogP contribution is -2.09. The van der Waals surface area contributed by atoms with E-state index in [9.17, 15) is 18.0 Å². The van der Waals surface area contributed by atoms with Crippen molar-refractivity contribution in [1.29, 1.82) is 0 Å². The molecule has 0 aliphatic rings. The lowest BCUT2D eigenvalue weighted by atomic mass is 10.2. The van der Waals surface area contributed by atoms with Gasteiger partial charge in [-0.15, -0.1) is 0 Å². The lowest BCUT2D eigenvalue weighted by Gasteiger charge is -2.10. The van der Waals surface area contributed by atoms with Crippen molar-refractivity contribution in [1.82, 2.24) is 19.4 Å². The summed E-state index contributed by atoms with van der Waals surface area (Å²) in [6.45, 7) is 1.78. The first kappa shape index (κ1) is 20.3. The Kier molecular flexibility index (Phi) is 5.05. The predicted octanol–water partition coefficient (Wildman–Crippen LogP) is 4.65. The Morgan fingerprint density at radius 2 is 1.84 bits per heavy atom. The van der Waals surface area contributed by atoms with Crippen molar-refractivity contribution in [2.45, 2.75) is 13.1 Å². The highest BCUT2D eigenvalue weighted by molar-refractivity contribution is 5.89. The number of imidazole rings is 1. The van der Waals surface area contributed by atoms with E-state index < -0.39 is 17.8 Å². The van der Waals surface area contributed by atoms with Gasteiger partial charge in [0.2, 0.25) is 5.95 Å². The van der Waals surface area contributed by atoms with Gasteiger partial charge in [0, 0.05) is 18.1 Å². The summed E-state index contributed by atoms with van der Waals surface area (Å²) < 4.78 is 47.0. The number of carbonyl (C=O) groups excluding carboxylic acids is 1. The maximum Gasteiger partial charge on any atom is 0.435 e. The molecule has 31 heavy (non-hydrogen) atoms. The molecule has 0 saturated heterocycles. The second-order valence-corrected chi connectivity index (χ2v) is 6.70. The van der Waals surface area contributed by atoms with E-state index in [4.69, 9.17) is 0 Å². The normalized spacial score (nSPS) is 11.5. The van der Waals surface area contributed by atoms with Gasteiger partial charge in [-0.1, -0.05) is 0 Å². The molecule has 0 bridgehead atoms. The first-order valence-corrected chi connectivity index (χ1v) is 9.11. The third-order valence-electron chi connectivity index (χ3n) is 4.51. The molecule has 7 nitrogen and oxygen atoms in total. The van der Waals surface area contributed by atoms with Crippen LogP contribution in [0, 0.1) is 6.92 Å². The number of methoxy groups -OCH3 is 1. The Bertz CT molecular complexity index is 1270. The molecule has 0 amide bonds. The van der Waals surface area contributed by atoms with Crippen molar-refractivity contribution in [2.24, 2.45) is 0 Å². The molecular formula is C21H16F3N5O2. The highest BCUT2D eigenvalue weighted by Gasteiger charge is 2.38. The Hall–Kier alpha value is -3.95. The summed E-state index contributed by atoms with van der Waals surface area (Å²) in [5.74, 6) is -0.383. The number of halogens is 3. The fourth-order valence-electron chi connectivity index (χ4n) is 3.08. The number of ether oxygens (including phenoxy) is 1. The number of benzene rings is 1. The van der Waals surface area contributed by atoms with Crippen molar-refractivity contribution in [3.8, 4) is 11.4 Å². The third-order valence-corrected chi connectivity index (χ3v) is 4.51. The molecule has 4 rings (SSSR count). The van der Waals surface area contributed by atoms with E-state index in [1.54, 1.807) is 43.3 Å². The molecule has 1 aromatic carbocycles. The van der Waals surface area contributed by atoms with E-state index >= 15 is 0 Å². The Balaban J connectivity index is 1.73. The summed E-state index contributed by atoms with van der Waals surface area (Å²) in [5.41, 5.74) is 0.742. The summed E-state index contributed by atoms with van der Waals surface area (Å²) in [4.78, 5) is 23.7. The van der Waals surface area contributed by atoms with E-state index in [0.29, 0.717) is 11.3 Å². The van der Waals surface area contributed by atoms with Crippen LogP contribution in [0.3, 0.4) is 0 Å². The zero-order valence-electron chi connectivity index (χ0n) is 16.4. The monoisotopic (exact) mass is 427 g/mol. The van der Waals surface area contributed by atoms with Crippen LogP contribution in [0.25, 0.3) is 17.0 Å². The fraction of sp³-hybridized carbons (Fsp3) is 0.143. The third kappa shape index (κ3) is 4.04. The second kappa shape index (κ2) is 7.71. The first-order valence-electron chi connectivity index (χ1n) is 9.11. The number of nitrogens with zero attached hydrogens (tertiary/aromatic N) is 4. The molecule has 0 saturated carbocycles.